The molecule has 0 spiro atoms. The number of Topliss-reactive ketones (excluding diaryl/α,β-unsaturated/α-hetero) is 1. The van der Waals surface area contributed by atoms with Crippen molar-refractivity contribution in [3.8, 4) is 0 Å². The summed E-state index contributed by atoms with van der Waals surface area (Å²) in [6.07, 6.45) is 2.69. The fourth-order valence-electron chi connectivity index (χ4n) is 3.34. The molecule has 4 aromatic rings. The Bertz CT molecular complexity index is 1110. The van der Waals surface area contributed by atoms with Crippen molar-refractivity contribution in [1.82, 2.24) is 19.3 Å². The molecule has 4 rings (SSSR count). The first-order valence-corrected chi connectivity index (χ1v) is 10.3. The van der Waals surface area contributed by atoms with Gasteiger partial charge in [0.2, 0.25) is 0 Å². The van der Waals surface area contributed by atoms with E-state index >= 15 is 0 Å². The monoisotopic (exact) mass is 390 g/mol. The average Bonchev–Trinajstić information content (AvgIpc) is 3.28. The summed E-state index contributed by atoms with van der Waals surface area (Å²) < 4.78 is 4.09. The molecular formula is C22H22N4OS. The predicted molar refractivity (Wildman–Crippen MR) is 113 cm³/mol. The van der Waals surface area contributed by atoms with Gasteiger partial charge in [0.25, 0.3) is 0 Å². The summed E-state index contributed by atoms with van der Waals surface area (Å²) in [6, 6.07) is 18.3. The van der Waals surface area contributed by atoms with Crippen molar-refractivity contribution in [3.63, 3.8) is 0 Å². The number of fused-ring (bicyclic) bond motifs is 1. The number of rotatable bonds is 7. The van der Waals surface area contributed by atoms with E-state index in [2.05, 4.69) is 39.9 Å². The summed E-state index contributed by atoms with van der Waals surface area (Å²) in [4.78, 5) is 12.9. The molecule has 28 heavy (non-hydrogen) atoms. The molecule has 0 fully saturated rings. The molecule has 6 heteroatoms. The van der Waals surface area contributed by atoms with Gasteiger partial charge in [-0.05, 0) is 18.6 Å². The molecule has 2 aromatic heterocycles. The number of carbonyl (C=O) groups excluding carboxylic acids is 1. The van der Waals surface area contributed by atoms with Crippen molar-refractivity contribution in [1.29, 1.82) is 0 Å². The molecule has 0 atom stereocenters. The van der Waals surface area contributed by atoms with Crippen LogP contribution in [0.15, 0.2) is 66.0 Å². The Morgan fingerprint density at radius 2 is 1.79 bits per heavy atom. The molecule has 0 bridgehead atoms. The zero-order chi connectivity index (χ0) is 19.5. The SMILES string of the molecule is CCn1cc(C(=O)CSc2nnc(Cc3ccccc3)n2C)c2ccccc21. The minimum absolute atomic E-state index is 0.112. The molecule has 0 unspecified atom stereocenters. The van der Waals surface area contributed by atoms with Crippen LogP contribution in [0.3, 0.4) is 0 Å². The van der Waals surface area contributed by atoms with E-state index in [-0.39, 0.29) is 5.78 Å². The highest BCUT2D eigenvalue weighted by Gasteiger charge is 2.17. The fraction of sp³-hybridized carbons (Fsp3) is 0.227. The fourth-order valence-corrected chi connectivity index (χ4v) is 4.15. The highest BCUT2D eigenvalue weighted by atomic mass is 32.2. The Morgan fingerprint density at radius 1 is 1.04 bits per heavy atom. The predicted octanol–water partition coefficient (Wildman–Crippen LogP) is 4.36. The third kappa shape index (κ3) is 3.60. The van der Waals surface area contributed by atoms with Crippen LogP contribution in [0.5, 0.6) is 0 Å². The lowest BCUT2D eigenvalue weighted by Gasteiger charge is -2.04. The van der Waals surface area contributed by atoms with E-state index < -0.39 is 0 Å². The minimum Gasteiger partial charge on any atom is -0.347 e. The number of carbonyl (C=O) groups is 1. The summed E-state index contributed by atoms with van der Waals surface area (Å²) in [6.45, 7) is 2.93. The van der Waals surface area contributed by atoms with Crippen LogP contribution in [0.1, 0.15) is 28.7 Å². The second kappa shape index (κ2) is 8.02. The van der Waals surface area contributed by atoms with Crippen LogP contribution in [0.2, 0.25) is 0 Å². The maximum atomic E-state index is 12.9. The van der Waals surface area contributed by atoms with Gasteiger partial charge in [0.05, 0.1) is 5.75 Å². The van der Waals surface area contributed by atoms with Gasteiger partial charge in [-0.3, -0.25) is 4.79 Å². The third-order valence-electron chi connectivity index (χ3n) is 4.89. The summed E-state index contributed by atoms with van der Waals surface area (Å²) in [7, 11) is 1.95. The quantitative estimate of drug-likeness (QED) is 0.348. The summed E-state index contributed by atoms with van der Waals surface area (Å²) in [5, 5.41) is 10.4. The largest absolute Gasteiger partial charge is 0.347 e. The number of aryl methyl sites for hydroxylation is 1. The maximum absolute atomic E-state index is 12.9. The van der Waals surface area contributed by atoms with Crippen molar-refractivity contribution < 1.29 is 4.79 Å². The Hall–Kier alpha value is -2.86. The second-order valence-corrected chi connectivity index (χ2v) is 7.62. The Morgan fingerprint density at radius 3 is 2.57 bits per heavy atom. The molecule has 0 aliphatic rings. The van der Waals surface area contributed by atoms with Gasteiger partial charge in [-0.15, -0.1) is 10.2 Å². The van der Waals surface area contributed by atoms with E-state index in [1.165, 1.54) is 17.3 Å². The molecule has 2 aromatic carbocycles. The number of para-hydroxylation sites is 1. The van der Waals surface area contributed by atoms with Gasteiger partial charge >= 0.3 is 0 Å². The van der Waals surface area contributed by atoms with Crippen LogP contribution >= 0.6 is 11.8 Å². The van der Waals surface area contributed by atoms with E-state index in [0.29, 0.717) is 5.75 Å². The van der Waals surface area contributed by atoms with Crippen LogP contribution in [0.4, 0.5) is 0 Å². The van der Waals surface area contributed by atoms with Gasteiger partial charge in [0, 0.05) is 42.7 Å². The first-order valence-electron chi connectivity index (χ1n) is 9.33. The van der Waals surface area contributed by atoms with E-state index in [1.807, 2.05) is 54.2 Å². The Kier molecular flexibility index (Phi) is 5.30. The van der Waals surface area contributed by atoms with Crippen molar-refractivity contribution >= 4 is 28.4 Å². The van der Waals surface area contributed by atoms with Gasteiger partial charge in [-0.25, -0.2) is 0 Å². The van der Waals surface area contributed by atoms with E-state index in [1.54, 1.807) is 0 Å². The summed E-state index contributed by atoms with van der Waals surface area (Å²) in [5.41, 5.74) is 3.07. The molecule has 0 aliphatic carbocycles. The van der Waals surface area contributed by atoms with Gasteiger partial charge < -0.3 is 9.13 Å². The smallest absolute Gasteiger partial charge is 0.191 e. The number of hydrogen-bond donors (Lipinski definition) is 0. The zero-order valence-electron chi connectivity index (χ0n) is 16.0. The zero-order valence-corrected chi connectivity index (χ0v) is 16.8. The molecular weight excluding hydrogens is 368 g/mol. The van der Waals surface area contributed by atoms with Gasteiger partial charge in [-0.2, -0.15) is 0 Å². The van der Waals surface area contributed by atoms with E-state index in [9.17, 15) is 4.79 Å². The number of hydrogen-bond acceptors (Lipinski definition) is 4. The van der Waals surface area contributed by atoms with Gasteiger partial charge in [0.1, 0.15) is 5.82 Å². The molecule has 0 amide bonds. The topological polar surface area (TPSA) is 52.7 Å². The lowest BCUT2D eigenvalue weighted by molar-refractivity contribution is 0.102. The molecule has 0 radical (unpaired) electrons. The van der Waals surface area contributed by atoms with Crippen molar-refractivity contribution in [3.05, 3.63) is 77.7 Å². The average molecular weight is 391 g/mol. The van der Waals surface area contributed by atoms with Crippen molar-refractivity contribution in [2.45, 2.75) is 25.0 Å². The number of thioether (sulfide) groups is 1. The number of benzene rings is 2. The van der Waals surface area contributed by atoms with Crippen LogP contribution in [0, 0.1) is 0 Å². The molecule has 0 saturated heterocycles. The molecule has 0 N–H and O–H groups in total. The minimum atomic E-state index is 0.112. The normalized spacial score (nSPS) is 11.2. The van der Waals surface area contributed by atoms with E-state index in [0.717, 1.165) is 40.4 Å². The van der Waals surface area contributed by atoms with Crippen molar-refractivity contribution in [2.75, 3.05) is 5.75 Å². The number of ketones is 1. The molecule has 142 valence electrons. The van der Waals surface area contributed by atoms with Crippen molar-refractivity contribution in [2.24, 2.45) is 7.05 Å². The lowest BCUT2D eigenvalue weighted by atomic mass is 10.1. The first kappa shape index (κ1) is 18.5. The van der Waals surface area contributed by atoms with Crippen LogP contribution in [-0.2, 0) is 20.0 Å². The van der Waals surface area contributed by atoms with Crippen LogP contribution in [0.25, 0.3) is 10.9 Å². The van der Waals surface area contributed by atoms with Gasteiger partial charge in [0.15, 0.2) is 10.9 Å². The summed E-state index contributed by atoms with van der Waals surface area (Å²) >= 11 is 1.44. The maximum Gasteiger partial charge on any atom is 0.191 e. The standard InChI is InChI=1S/C22H22N4OS/c1-3-26-14-18(17-11-7-8-12-19(17)26)20(27)15-28-22-24-23-21(25(22)2)13-16-9-5-4-6-10-16/h4-12,14H,3,13,15H2,1-2H3. The Balaban J connectivity index is 1.49. The van der Waals surface area contributed by atoms with Crippen LogP contribution < -0.4 is 0 Å². The Labute approximate surface area is 168 Å². The number of nitrogens with zero attached hydrogens (tertiary/aromatic N) is 4. The number of aromatic nitrogens is 4. The highest BCUT2D eigenvalue weighted by molar-refractivity contribution is 7.99. The summed E-state index contributed by atoms with van der Waals surface area (Å²) in [5.74, 6) is 1.35. The second-order valence-electron chi connectivity index (χ2n) is 6.68. The van der Waals surface area contributed by atoms with Crippen LogP contribution in [-0.4, -0.2) is 30.9 Å². The highest BCUT2D eigenvalue weighted by Crippen LogP contribution is 2.25. The lowest BCUT2D eigenvalue weighted by Crippen LogP contribution is -2.04. The molecule has 0 aliphatic heterocycles. The third-order valence-corrected chi connectivity index (χ3v) is 5.91. The van der Waals surface area contributed by atoms with Gasteiger partial charge in [-0.1, -0.05) is 60.3 Å². The molecule has 0 saturated carbocycles. The molecule has 5 nitrogen and oxygen atoms in total. The molecule has 2 heterocycles. The van der Waals surface area contributed by atoms with E-state index in [4.69, 9.17) is 0 Å². The first-order chi connectivity index (χ1) is 13.7.